The van der Waals surface area contributed by atoms with Crippen LogP contribution in [0.5, 0.6) is 0 Å². The molecule has 0 saturated heterocycles. The number of carboxylic acid groups (broad SMARTS) is 1. The highest BCUT2D eigenvalue weighted by Gasteiger charge is 2.06. The number of hydrogen-bond donors (Lipinski definition) is 1. The Morgan fingerprint density at radius 2 is 2.25 bits per heavy atom. The molecule has 0 bridgehead atoms. The number of carbonyl (C=O) groups is 1. The van der Waals surface area contributed by atoms with Gasteiger partial charge in [0.2, 0.25) is 0 Å². The molecule has 2 aromatic heterocycles. The summed E-state index contributed by atoms with van der Waals surface area (Å²) in [4.78, 5) is 14.6. The van der Waals surface area contributed by atoms with Gasteiger partial charge in [-0.3, -0.25) is 14.5 Å². The first kappa shape index (κ1) is 10.4. The monoisotopic (exact) mass is 217 g/mol. The van der Waals surface area contributed by atoms with Crippen LogP contribution in [0.25, 0.3) is 11.3 Å². The third-order valence-corrected chi connectivity index (χ3v) is 2.27. The summed E-state index contributed by atoms with van der Waals surface area (Å²) in [6.07, 6.45) is 3.25. The summed E-state index contributed by atoms with van der Waals surface area (Å²) < 4.78 is 1.74. The van der Waals surface area contributed by atoms with Crippen molar-refractivity contribution in [2.24, 2.45) is 7.05 Å². The van der Waals surface area contributed by atoms with Crippen molar-refractivity contribution in [2.75, 3.05) is 0 Å². The Bertz CT molecular complexity index is 519. The van der Waals surface area contributed by atoms with Gasteiger partial charge in [-0.2, -0.15) is 5.10 Å². The highest BCUT2D eigenvalue weighted by molar-refractivity contribution is 5.70. The van der Waals surface area contributed by atoms with E-state index in [2.05, 4.69) is 10.1 Å². The summed E-state index contributed by atoms with van der Waals surface area (Å²) >= 11 is 0. The van der Waals surface area contributed by atoms with Gasteiger partial charge in [0, 0.05) is 25.0 Å². The number of rotatable bonds is 3. The second-order valence-corrected chi connectivity index (χ2v) is 3.45. The molecule has 2 aromatic rings. The van der Waals surface area contributed by atoms with E-state index in [9.17, 15) is 4.79 Å². The Hall–Kier alpha value is -2.17. The lowest BCUT2D eigenvalue weighted by Crippen LogP contribution is -2.02. The number of aliphatic carboxylic acids is 1. The molecular weight excluding hydrogens is 206 g/mol. The molecule has 0 amide bonds. The molecule has 5 heteroatoms. The molecule has 0 aliphatic heterocycles. The van der Waals surface area contributed by atoms with Crippen LogP contribution < -0.4 is 0 Å². The van der Waals surface area contributed by atoms with Gasteiger partial charge in [-0.1, -0.05) is 0 Å². The minimum Gasteiger partial charge on any atom is -0.481 e. The SMILES string of the molecule is Cn1nccc1-c1ccnc(CC(=O)O)c1. The van der Waals surface area contributed by atoms with Crippen LogP contribution >= 0.6 is 0 Å². The van der Waals surface area contributed by atoms with Crippen LogP contribution in [-0.4, -0.2) is 25.8 Å². The van der Waals surface area contributed by atoms with Crippen molar-refractivity contribution in [3.05, 3.63) is 36.3 Å². The summed E-state index contributed by atoms with van der Waals surface area (Å²) in [6.45, 7) is 0. The van der Waals surface area contributed by atoms with Gasteiger partial charge >= 0.3 is 5.97 Å². The summed E-state index contributed by atoms with van der Waals surface area (Å²) in [5.74, 6) is -0.880. The predicted octanol–water partition coefficient (Wildman–Crippen LogP) is 1.11. The van der Waals surface area contributed by atoms with Gasteiger partial charge in [0.15, 0.2) is 0 Å². The number of nitrogens with zero attached hydrogens (tertiary/aromatic N) is 3. The first-order valence-corrected chi connectivity index (χ1v) is 4.82. The third-order valence-electron chi connectivity index (χ3n) is 2.27. The lowest BCUT2D eigenvalue weighted by atomic mass is 10.1. The van der Waals surface area contributed by atoms with Gasteiger partial charge < -0.3 is 5.11 Å². The zero-order valence-electron chi connectivity index (χ0n) is 8.79. The fourth-order valence-corrected chi connectivity index (χ4v) is 1.55. The van der Waals surface area contributed by atoms with E-state index in [4.69, 9.17) is 5.11 Å². The zero-order chi connectivity index (χ0) is 11.5. The van der Waals surface area contributed by atoms with E-state index in [0.717, 1.165) is 11.3 Å². The lowest BCUT2D eigenvalue weighted by molar-refractivity contribution is -0.136. The van der Waals surface area contributed by atoms with Crippen LogP contribution in [0.1, 0.15) is 5.69 Å². The normalized spacial score (nSPS) is 10.3. The van der Waals surface area contributed by atoms with Crippen LogP contribution in [0.15, 0.2) is 30.6 Å². The Labute approximate surface area is 92.4 Å². The molecule has 82 valence electrons. The maximum absolute atomic E-state index is 10.6. The summed E-state index contributed by atoms with van der Waals surface area (Å²) in [7, 11) is 1.84. The largest absolute Gasteiger partial charge is 0.481 e. The molecule has 0 saturated carbocycles. The standard InChI is InChI=1S/C11H11N3O2/c1-14-10(3-5-13-14)8-2-4-12-9(6-8)7-11(15)16/h2-6H,7H2,1H3,(H,15,16). The Kier molecular flexibility index (Phi) is 2.68. The van der Waals surface area contributed by atoms with Crippen LogP contribution in [0.4, 0.5) is 0 Å². The molecule has 0 aliphatic rings. The van der Waals surface area contributed by atoms with Crippen molar-refractivity contribution >= 4 is 5.97 Å². The smallest absolute Gasteiger partial charge is 0.309 e. The van der Waals surface area contributed by atoms with Gasteiger partial charge in [0.25, 0.3) is 0 Å². The van der Waals surface area contributed by atoms with E-state index in [0.29, 0.717) is 5.69 Å². The number of aromatic nitrogens is 3. The molecule has 2 rings (SSSR count). The minimum atomic E-state index is -0.880. The first-order chi connectivity index (χ1) is 7.66. The van der Waals surface area contributed by atoms with E-state index in [1.807, 2.05) is 19.2 Å². The molecular formula is C11H11N3O2. The summed E-state index contributed by atoms with van der Waals surface area (Å²) in [5, 5.41) is 12.7. The van der Waals surface area contributed by atoms with Gasteiger partial charge in [-0.25, -0.2) is 0 Å². The average molecular weight is 217 g/mol. The molecule has 0 aromatic carbocycles. The maximum atomic E-state index is 10.6. The number of carboxylic acids is 1. The Morgan fingerprint density at radius 1 is 1.44 bits per heavy atom. The second kappa shape index (κ2) is 4.14. The molecule has 16 heavy (non-hydrogen) atoms. The van der Waals surface area contributed by atoms with Crippen LogP contribution in [0.3, 0.4) is 0 Å². The molecule has 0 spiro atoms. The molecule has 5 nitrogen and oxygen atoms in total. The van der Waals surface area contributed by atoms with E-state index in [1.54, 1.807) is 23.1 Å². The van der Waals surface area contributed by atoms with Gasteiger partial charge in [0.1, 0.15) is 0 Å². The van der Waals surface area contributed by atoms with Crippen molar-refractivity contribution < 1.29 is 9.90 Å². The predicted molar refractivity (Wildman–Crippen MR) is 57.8 cm³/mol. The van der Waals surface area contributed by atoms with Gasteiger partial charge in [0.05, 0.1) is 17.8 Å². The maximum Gasteiger partial charge on any atom is 0.309 e. The molecule has 2 heterocycles. The first-order valence-electron chi connectivity index (χ1n) is 4.82. The summed E-state index contributed by atoms with van der Waals surface area (Å²) in [5.41, 5.74) is 2.41. The van der Waals surface area contributed by atoms with Gasteiger partial charge in [-0.05, 0) is 18.2 Å². The molecule has 0 aliphatic carbocycles. The van der Waals surface area contributed by atoms with Crippen LogP contribution in [0.2, 0.25) is 0 Å². The Balaban J connectivity index is 2.36. The van der Waals surface area contributed by atoms with E-state index in [-0.39, 0.29) is 6.42 Å². The van der Waals surface area contributed by atoms with Crippen molar-refractivity contribution in [1.29, 1.82) is 0 Å². The Morgan fingerprint density at radius 3 is 2.88 bits per heavy atom. The molecule has 0 fully saturated rings. The second-order valence-electron chi connectivity index (χ2n) is 3.45. The quantitative estimate of drug-likeness (QED) is 0.836. The minimum absolute atomic E-state index is 0.0638. The molecule has 0 unspecified atom stereocenters. The molecule has 0 radical (unpaired) electrons. The van der Waals surface area contributed by atoms with Gasteiger partial charge in [-0.15, -0.1) is 0 Å². The number of pyridine rings is 1. The fraction of sp³-hybridized carbons (Fsp3) is 0.182. The van der Waals surface area contributed by atoms with Crippen LogP contribution in [0, 0.1) is 0 Å². The number of hydrogen-bond acceptors (Lipinski definition) is 3. The summed E-state index contributed by atoms with van der Waals surface area (Å²) in [6, 6.07) is 5.48. The average Bonchev–Trinajstić information content (AvgIpc) is 2.64. The van der Waals surface area contributed by atoms with E-state index < -0.39 is 5.97 Å². The zero-order valence-corrected chi connectivity index (χ0v) is 8.79. The topological polar surface area (TPSA) is 68.0 Å². The van der Waals surface area contributed by atoms with E-state index in [1.165, 1.54) is 0 Å². The number of aryl methyl sites for hydroxylation is 1. The third kappa shape index (κ3) is 2.08. The highest BCUT2D eigenvalue weighted by Crippen LogP contribution is 2.18. The van der Waals surface area contributed by atoms with Crippen molar-refractivity contribution in [2.45, 2.75) is 6.42 Å². The molecule has 1 N–H and O–H groups in total. The van der Waals surface area contributed by atoms with Crippen molar-refractivity contribution in [3.8, 4) is 11.3 Å². The highest BCUT2D eigenvalue weighted by atomic mass is 16.4. The van der Waals surface area contributed by atoms with E-state index >= 15 is 0 Å². The fourth-order valence-electron chi connectivity index (χ4n) is 1.55. The van der Waals surface area contributed by atoms with Crippen molar-refractivity contribution in [1.82, 2.24) is 14.8 Å². The lowest BCUT2D eigenvalue weighted by Gasteiger charge is -2.03. The van der Waals surface area contributed by atoms with Crippen LogP contribution in [-0.2, 0) is 18.3 Å². The molecule has 0 atom stereocenters. The van der Waals surface area contributed by atoms with Crippen molar-refractivity contribution in [3.63, 3.8) is 0 Å².